The molecule has 4 aromatic rings. The number of rotatable bonds is 7. The van der Waals surface area contributed by atoms with Crippen molar-refractivity contribution >= 4 is 17.2 Å². The van der Waals surface area contributed by atoms with Gasteiger partial charge in [-0.2, -0.15) is 13.2 Å². The Morgan fingerprint density at radius 1 is 1.12 bits per heavy atom. The molecule has 0 bridgehead atoms. The maximum atomic E-state index is 12.9. The quantitative estimate of drug-likeness (QED) is 0.318. The highest BCUT2D eigenvalue weighted by Crippen LogP contribution is 2.30. The van der Waals surface area contributed by atoms with Crippen LogP contribution in [0.15, 0.2) is 76.7 Å². The van der Waals surface area contributed by atoms with E-state index in [1.807, 2.05) is 6.07 Å². The third-order valence-electron chi connectivity index (χ3n) is 4.78. The molecule has 2 aromatic carbocycles. The lowest BCUT2D eigenvalue weighted by molar-refractivity contribution is -0.137. The molecule has 0 unspecified atom stereocenters. The van der Waals surface area contributed by atoms with E-state index in [0.29, 0.717) is 34.3 Å². The van der Waals surface area contributed by atoms with Gasteiger partial charge < -0.3 is 14.1 Å². The van der Waals surface area contributed by atoms with Crippen LogP contribution in [0.25, 0.3) is 10.6 Å². The second-order valence-electron chi connectivity index (χ2n) is 7.29. The largest absolute Gasteiger partial charge is 0.489 e. The smallest absolute Gasteiger partial charge is 0.416 e. The van der Waals surface area contributed by atoms with Crippen molar-refractivity contribution in [1.82, 2.24) is 9.88 Å². The number of hydrogen-bond acceptors (Lipinski definition) is 5. The van der Waals surface area contributed by atoms with Crippen LogP contribution in [0.2, 0.25) is 0 Å². The first-order chi connectivity index (χ1) is 15.8. The fourth-order valence-electron chi connectivity index (χ4n) is 3.13. The third-order valence-corrected chi connectivity index (χ3v) is 5.68. The lowest BCUT2D eigenvalue weighted by Gasteiger charge is -2.13. The number of aromatic nitrogens is 1. The number of furan rings is 1. The third kappa shape index (κ3) is 5.61. The molecule has 0 fully saturated rings. The van der Waals surface area contributed by atoms with Crippen molar-refractivity contribution in [3.8, 4) is 16.3 Å². The van der Waals surface area contributed by atoms with Crippen LogP contribution in [0.5, 0.6) is 5.75 Å². The SMILES string of the molecule is CN(Cc1ccco1)C(=O)c1csc(-c2cccc(OCc3cccc(C(F)(F)F)c3)c2)n1. The number of ether oxygens (including phenoxy) is 1. The lowest BCUT2D eigenvalue weighted by Crippen LogP contribution is -2.26. The van der Waals surface area contributed by atoms with E-state index in [2.05, 4.69) is 4.98 Å². The van der Waals surface area contributed by atoms with Crippen molar-refractivity contribution in [2.24, 2.45) is 0 Å². The highest BCUT2D eigenvalue weighted by Gasteiger charge is 2.30. The normalized spacial score (nSPS) is 11.4. The zero-order chi connectivity index (χ0) is 23.4. The standard InChI is InChI=1S/C24H19F3N2O3S/c1-29(13-20-9-4-10-31-20)23(30)21-15-33-22(28-21)17-6-3-8-19(12-17)32-14-16-5-2-7-18(11-16)24(25,26)27/h2-12,15H,13-14H2,1H3. The van der Waals surface area contributed by atoms with Crippen LogP contribution >= 0.6 is 11.3 Å². The predicted molar refractivity (Wildman–Crippen MR) is 118 cm³/mol. The second kappa shape index (κ2) is 9.50. The maximum absolute atomic E-state index is 12.9. The van der Waals surface area contributed by atoms with E-state index in [-0.39, 0.29) is 12.5 Å². The molecule has 0 N–H and O–H groups in total. The molecule has 4 rings (SSSR count). The Morgan fingerprint density at radius 3 is 2.70 bits per heavy atom. The lowest BCUT2D eigenvalue weighted by atomic mass is 10.1. The number of halogens is 3. The van der Waals surface area contributed by atoms with Crippen molar-refractivity contribution in [1.29, 1.82) is 0 Å². The molecule has 0 radical (unpaired) electrons. The molecular weight excluding hydrogens is 453 g/mol. The van der Waals surface area contributed by atoms with Gasteiger partial charge in [0.2, 0.25) is 0 Å². The fraction of sp³-hybridized carbons (Fsp3) is 0.167. The Kier molecular flexibility index (Phi) is 6.50. The molecule has 33 heavy (non-hydrogen) atoms. The number of carbonyl (C=O) groups excluding carboxylic acids is 1. The molecule has 5 nitrogen and oxygen atoms in total. The minimum atomic E-state index is -4.40. The Morgan fingerprint density at radius 2 is 1.94 bits per heavy atom. The molecule has 2 aromatic heterocycles. The van der Waals surface area contributed by atoms with Crippen molar-refractivity contribution in [2.75, 3.05) is 7.05 Å². The van der Waals surface area contributed by atoms with Crippen molar-refractivity contribution in [3.05, 3.63) is 94.9 Å². The molecular formula is C24H19F3N2O3S. The van der Waals surface area contributed by atoms with Crippen LogP contribution in [0.3, 0.4) is 0 Å². The maximum Gasteiger partial charge on any atom is 0.416 e. The summed E-state index contributed by atoms with van der Waals surface area (Å²) in [5.41, 5.74) is 0.764. The van der Waals surface area contributed by atoms with Gasteiger partial charge in [0.1, 0.15) is 28.8 Å². The fourth-order valence-corrected chi connectivity index (χ4v) is 3.92. The first-order valence-corrected chi connectivity index (χ1v) is 10.8. The van der Waals surface area contributed by atoms with Crippen molar-refractivity contribution < 1.29 is 27.1 Å². The number of hydrogen-bond donors (Lipinski definition) is 0. The Labute approximate surface area is 192 Å². The van der Waals surface area contributed by atoms with Gasteiger partial charge in [-0.15, -0.1) is 11.3 Å². The van der Waals surface area contributed by atoms with Gasteiger partial charge in [0, 0.05) is 18.0 Å². The highest BCUT2D eigenvalue weighted by molar-refractivity contribution is 7.13. The molecule has 0 saturated heterocycles. The molecule has 170 valence electrons. The van der Waals surface area contributed by atoms with Gasteiger partial charge in [0.05, 0.1) is 18.4 Å². The van der Waals surface area contributed by atoms with E-state index in [9.17, 15) is 18.0 Å². The minimum Gasteiger partial charge on any atom is -0.489 e. The Hall–Kier alpha value is -3.59. The summed E-state index contributed by atoms with van der Waals surface area (Å²) in [6.07, 6.45) is -2.85. The van der Waals surface area contributed by atoms with Gasteiger partial charge in [-0.1, -0.05) is 24.3 Å². The Balaban J connectivity index is 1.43. The monoisotopic (exact) mass is 472 g/mol. The van der Waals surface area contributed by atoms with E-state index in [1.165, 1.54) is 22.3 Å². The summed E-state index contributed by atoms with van der Waals surface area (Å²) >= 11 is 1.32. The summed E-state index contributed by atoms with van der Waals surface area (Å²) in [5, 5.41) is 2.32. The molecule has 1 amide bonds. The van der Waals surface area contributed by atoms with Crippen LogP contribution in [0.1, 0.15) is 27.4 Å². The molecule has 9 heteroatoms. The van der Waals surface area contributed by atoms with Gasteiger partial charge in [-0.05, 0) is 42.0 Å². The van der Waals surface area contributed by atoms with Crippen LogP contribution < -0.4 is 4.74 Å². The van der Waals surface area contributed by atoms with Crippen LogP contribution in [0, 0.1) is 0 Å². The van der Waals surface area contributed by atoms with Crippen LogP contribution in [-0.4, -0.2) is 22.8 Å². The number of nitrogens with zero attached hydrogens (tertiary/aromatic N) is 2. The Bertz CT molecular complexity index is 1240. The minimum absolute atomic E-state index is 0.00739. The van der Waals surface area contributed by atoms with E-state index in [4.69, 9.17) is 9.15 Å². The zero-order valence-electron chi connectivity index (χ0n) is 17.5. The number of thiazole rings is 1. The molecule has 0 spiro atoms. The summed E-state index contributed by atoms with van der Waals surface area (Å²) in [4.78, 5) is 18.6. The van der Waals surface area contributed by atoms with Crippen LogP contribution in [-0.2, 0) is 19.3 Å². The summed E-state index contributed by atoms with van der Waals surface area (Å²) in [6.45, 7) is 0.324. The van der Waals surface area contributed by atoms with Crippen molar-refractivity contribution in [2.45, 2.75) is 19.3 Å². The van der Waals surface area contributed by atoms with Gasteiger partial charge >= 0.3 is 6.18 Å². The van der Waals surface area contributed by atoms with Gasteiger partial charge in [0.15, 0.2) is 0 Å². The number of carbonyl (C=O) groups is 1. The number of amides is 1. The van der Waals surface area contributed by atoms with E-state index in [1.54, 1.807) is 55.1 Å². The average molecular weight is 472 g/mol. The average Bonchev–Trinajstić information content (AvgIpc) is 3.49. The first kappa shape index (κ1) is 22.6. The summed E-state index contributed by atoms with van der Waals surface area (Å²) in [5.74, 6) is 0.931. The highest BCUT2D eigenvalue weighted by atomic mass is 32.1. The summed E-state index contributed by atoms with van der Waals surface area (Å²) in [7, 11) is 1.67. The van der Waals surface area contributed by atoms with Gasteiger partial charge in [-0.25, -0.2) is 4.98 Å². The summed E-state index contributed by atoms with van der Waals surface area (Å²) < 4.78 is 49.7. The van der Waals surface area contributed by atoms with E-state index in [0.717, 1.165) is 17.7 Å². The molecule has 0 aliphatic heterocycles. The topological polar surface area (TPSA) is 55.6 Å². The van der Waals surface area contributed by atoms with Crippen LogP contribution in [0.4, 0.5) is 13.2 Å². The molecule has 0 aliphatic carbocycles. The van der Waals surface area contributed by atoms with Crippen molar-refractivity contribution in [3.63, 3.8) is 0 Å². The number of alkyl halides is 3. The molecule has 2 heterocycles. The predicted octanol–water partition coefficient (Wildman–Crippen LogP) is 6.27. The van der Waals surface area contributed by atoms with E-state index < -0.39 is 11.7 Å². The second-order valence-corrected chi connectivity index (χ2v) is 8.15. The first-order valence-electron chi connectivity index (χ1n) is 9.92. The van der Waals surface area contributed by atoms with E-state index >= 15 is 0 Å². The molecule has 0 aliphatic rings. The summed E-state index contributed by atoms with van der Waals surface area (Å²) in [6, 6.07) is 15.6. The molecule has 0 atom stereocenters. The zero-order valence-corrected chi connectivity index (χ0v) is 18.3. The van der Waals surface area contributed by atoms with Gasteiger partial charge in [0.25, 0.3) is 5.91 Å². The molecule has 0 saturated carbocycles. The van der Waals surface area contributed by atoms with Gasteiger partial charge in [-0.3, -0.25) is 4.79 Å². The number of benzene rings is 2.